The van der Waals surface area contributed by atoms with E-state index in [2.05, 4.69) is 24.1 Å². The van der Waals surface area contributed by atoms with Crippen LogP contribution in [0.2, 0.25) is 0 Å². The summed E-state index contributed by atoms with van der Waals surface area (Å²) < 4.78 is 0. The number of nitrogens with one attached hydrogen (secondary N) is 1. The van der Waals surface area contributed by atoms with Gasteiger partial charge < -0.3 is 15.3 Å². The molecule has 4 atom stereocenters. The summed E-state index contributed by atoms with van der Waals surface area (Å²) in [5.41, 5.74) is -0.641. The van der Waals surface area contributed by atoms with Gasteiger partial charge in [-0.2, -0.15) is 0 Å². The fourth-order valence-electron chi connectivity index (χ4n) is 5.34. The van der Waals surface area contributed by atoms with Gasteiger partial charge in [-0.3, -0.25) is 4.79 Å². The van der Waals surface area contributed by atoms with Gasteiger partial charge in [-0.15, -0.1) is 0 Å². The van der Waals surface area contributed by atoms with Gasteiger partial charge in [0, 0.05) is 31.6 Å². The van der Waals surface area contributed by atoms with Crippen LogP contribution in [0.25, 0.3) is 0 Å². The fourth-order valence-corrected chi connectivity index (χ4v) is 5.34. The van der Waals surface area contributed by atoms with Crippen LogP contribution in [0.3, 0.4) is 0 Å². The summed E-state index contributed by atoms with van der Waals surface area (Å²) in [7, 11) is 0. The molecule has 3 fully saturated rings. The molecule has 1 unspecified atom stereocenters. The number of piperidine rings is 1. The molecule has 2 aliphatic carbocycles. The van der Waals surface area contributed by atoms with Gasteiger partial charge in [0.1, 0.15) is 0 Å². The number of fused-ring (bicyclic) bond motifs is 1. The highest BCUT2D eigenvalue weighted by molar-refractivity contribution is 5.86. The zero-order valence-corrected chi connectivity index (χ0v) is 16.0. The molecule has 26 heavy (non-hydrogen) atoms. The van der Waals surface area contributed by atoms with E-state index in [1.807, 2.05) is 30.3 Å². The van der Waals surface area contributed by atoms with Crippen LogP contribution >= 0.6 is 0 Å². The number of benzene rings is 1. The van der Waals surface area contributed by atoms with Gasteiger partial charge >= 0.3 is 0 Å². The molecule has 1 aliphatic heterocycles. The highest BCUT2D eigenvalue weighted by Gasteiger charge is 2.56. The SMILES string of the molecule is CC(C)N1CC2[C@H](CNC(=O)[C@@](O)(c3ccccc3)C3CCCC3)[C@H]2C1. The second-order valence-electron chi connectivity index (χ2n) is 8.86. The van der Waals surface area contributed by atoms with E-state index < -0.39 is 5.60 Å². The quantitative estimate of drug-likeness (QED) is 0.824. The van der Waals surface area contributed by atoms with Crippen LogP contribution in [0.1, 0.15) is 45.1 Å². The lowest BCUT2D eigenvalue weighted by Crippen LogP contribution is -2.49. The van der Waals surface area contributed by atoms with Crippen LogP contribution in [-0.4, -0.2) is 41.6 Å². The Balaban J connectivity index is 1.40. The Kier molecular flexibility index (Phi) is 4.83. The molecule has 1 aromatic carbocycles. The van der Waals surface area contributed by atoms with E-state index in [9.17, 15) is 9.90 Å². The molecule has 2 saturated carbocycles. The number of aliphatic hydroxyl groups is 1. The summed E-state index contributed by atoms with van der Waals surface area (Å²) in [5, 5.41) is 14.6. The number of rotatable bonds is 6. The number of hydrogen-bond donors (Lipinski definition) is 2. The van der Waals surface area contributed by atoms with Gasteiger partial charge in [-0.05, 0) is 50.0 Å². The van der Waals surface area contributed by atoms with Gasteiger partial charge in [-0.25, -0.2) is 0 Å². The highest BCUT2D eigenvalue weighted by Crippen LogP contribution is 2.51. The van der Waals surface area contributed by atoms with Crippen molar-refractivity contribution in [3.63, 3.8) is 0 Å². The van der Waals surface area contributed by atoms with Crippen molar-refractivity contribution in [1.29, 1.82) is 0 Å². The normalized spacial score (nSPS) is 31.0. The van der Waals surface area contributed by atoms with Crippen LogP contribution < -0.4 is 5.32 Å². The van der Waals surface area contributed by atoms with Gasteiger partial charge in [0.05, 0.1) is 0 Å². The predicted molar refractivity (Wildman–Crippen MR) is 102 cm³/mol. The Bertz CT molecular complexity index is 629. The van der Waals surface area contributed by atoms with E-state index in [1.54, 1.807) is 0 Å². The molecule has 0 aromatic heterocycles. The van der Waals surface area contributed by atoms with Crippen molar-refractivity contribution >= 4 is 5.91 Å². The van der Waals surface area contributed by atoms with Crippen molar-refractivity contribution in [3.05, 3.63) is 35.9 Å². The van der Waals surface area contributed by atoms with Crippen LogP contribution in [0.5, 0.6) is 0 Å². The van der Waals surface area contributed by atoms with Crippen molar-refractivity contribution in [2.24, 2.45) is 23.7 Å². The van der Waals surface area contributed by atoms with E-state index in [-0.39, 0.29) is 11.8 Å². The summed E-state index contributed by atoms with van der Waals surface area (Å²) >= 11 is 0. The molecular weight excluding hydrogens is 324 g/mol. The van der Waals surface area contributed by atoms with Gasteiger partial charge in [0.2, 0.25) is 0 Å². The third kappa shape index (κ3) is 3.07. The van der Waals surface area contributed by atoms with Crippen LogP contribution in [-0.2, 0) is 10.4 Å². The average molecular weight is 357 g/mol. The van der Waals surface area contributed by atoms with Gasteiger partial charge in [0.25, 0.3) is 5.91 Å². The zero-order valence-electron chi connectivity index (χ0n) is 16.0. The van der Waals surface area contributed by atoms with E-state index in [0.717, 1.165) is 56.2 Å². The van der Waals surface area contributed by atoms with E-state index >= 15 is 0 Å². The number of likely N-dealkylation sites (tertiary alicyclic amines) is 1. The Morgan fingerprint density at radius 1 is 1.19 bits per heavy atom. The lowest BCUT2D eigenvalue weighted by molar-refractivity contribution is -0.147. The topological polar surface area (TPSA) is 52.6 Å². The minimum atomic E-state index is -1.38. The summed E-state index contributed by atoms with van der Waals surface area (Å²) in [6.45, 7) is 7.54. The molecule has 0 radical (unpaired) electrons. The second-order valence-corrected chi connectivity index (χ2v) is 8.86. The Labute approximate surface area is 157 Å². The molecule has 1 amide bonds. The molecule has 4 rings (SSSR count). The maximum absolute atomic E-state index is 13.1. The number of amides is 1. The fraction of sp³-hybridized carbons (Fsp3) is 0.682. The van der Waals surface area contributed by atoms with E-state index in [1.165, 1.54) is 0 Å². The first-order valence-electron chi connectivity index (χ1n) is 10.3. The highest BCUT2D eigenvalue weighted by atomic mass is 16.3. The standard InChI is InChI=1S/C22H32N2O2/c1-15(2)24-13-19-18(20(19)14-24)12-23-21(25)22(26,17-10-6-7-11-17)16-8-4-3-5-9-16/h3-5,8-9,15,17-20,26H,6-7,10-14H2,1-2H3,(H,23,25)/t18-,19-,20?,22-/m1/s1. The van der Waals surface area contributed by atoms with Gasteiger partial charge in [0.15, 0.2) is 5.60 Å². The summed E-state index contributed by atoms with van der Waals surface area (Å²) in [6, 6.07) is 10.2. The Morgan fingerprint density at radius 2 is 1.81 bits per heavy atom. The minimum Gasteiger partial charge on any atom is -0.375 e. The lowest BCUT2D eigenvalue weighted by atomic mass is 9.79. The largest absolute Gasteiger partial charge is 0.375 e. The molecule has 142 valence electrons. The summed E-state index contributed by atoms with van der Waals surface area (Å²) in [6.07, 6.45) is 4.06. The van der Waals surface area contributed by atoms with Crippen molar-refractivity contribution < 1.29 is 9.90 Å². The maximum atomic E-state index is 13.1. The van der Waals surface area contributed by atoms with Crippen LogP contribution in [0, 0.1) is 23.7 Å². The second kappa shape index (κ2) is 6.97. The van der Waals surface area contributed by atoms with E-state index in [4.69, 9.17) is 0 Å². The van der Waals surface area contributed by atoms with E-state index in [0.29, 0.717) is 18.5 Å². The first kappa shape index (κ1) is 18.0. The molecule has 1 aromatic rings. The Hall–Kier alpha value is -1.39. The molecule has 0 bridgehead atoms. The molecular formula is C22H32N2O2. The van der Waals surface area contributed by atoms with Crippen LogP contribution in [0.15, 0.2) is 30.3 Å². The van der Waals surface area contributed by atoms with Crippen LogP contribution in [0.4, 0.5) is 0 Å². The third-order valence-electron chi connectivity index (χ3n) is 7.13. The maximum Gasteiger partial charge on any atom is 0.256 e. The molecule has 2 N–H and O–H groups in total. The van der Waals surface area contributed by atoms with Gasteiger partial charge in [-0.1, -0.05) is 43.2 Å². The average Bonchev–Trinajstić information content (AvgIpc) is 3.09. The number of carbonyl (C=O) groups excluding carboxylic acids is 1. The predicted octanol–water partition coefficient (Wildman–Crippen LogP) is 2.77. The zero-order chi connectivity index (χ0) is 18.3. The minimum absolute atomic E-state index is 0.0278. The molecule has 1 saturated heterocycles. The molecule has 4 nitrogen and oxygen atoms in total. The number of nitrogens with zero attached hydrogens (tertiary/aromatic N) is 1. The smallest absolute Gasteiger partial charge is 0.256 e. The van der Waals surface area contributed by atoms with Crippen molar-refractivity contribution in [1.82, 2.24) is 10.2 Å². The van der Waals surface area contributed by atoms with Crippen molar-refractivity contribution in [3.8, 4) is 0 Å². The summed E-state index contributed by atoms with van der Waals surface area (Å²) in [5.74, 6) is 1.89. The molecule has 0 spiro atoms. The number of hydrogen-bond acceptors (Lipinski definition) is 3. The first-order chi connectivity index (χ1) is 12.5. The molecule has 1 heterocycles. The first-order valence-corrected chi connectivity index (χ1v) is 10.3. The molecule has 4 heteroatoms. The Morgan fingerprint density at radius 3 is 2.38 bits per heavy atom. The number of carbonyl (C=O) groups is 1. The van der Waals surface area contributed by atoms with Crippen molar-refractivity contribution in [2.75, 3.05) is 19.6 Å². The lowest BCUT2D eigenvalue weighted by Gasteiger charge is -2.33. The summed E-state index contributed by atoms with van der Waals surface area (Å²) in [4.78, 5) is 15.6. The van der Waals surface area contributed by atoms with Crippen molar-refractivity contribution in [2.45, 2.75) is 51.2 Å². The third-order valence-corrected chi connectivity index (χ3v) is 7.13. The monoisotopic (exact) mass is 356 g/mol. The molecule has 3 aliphatic rings.